The molecule has 2 aromatic rings. The number of piperazine rings is 1. The minimum absolute atomic E-state index is 0.195. The second-order valence-electron chi connectivity index (χ2n) is 6.83. The second kappa shape index (κ2) is 8.88. The molecule has 1 saturated heterocycles. The van der Waals surface area contributed by atoms with Crippen LogP contribution in [0.4, 0.5) is 5.69 Å². The number of hydrogen-bond donors (Lipinski definition) is 1. The van der Waals surface area contributed by atoms with Crippen LogP contribution in [0, 0.1) is 0 Å². The normalized spacial score (nSPS) is 15.4. The van der Waals surface area contributed by atoms with Gasteiger partial charge < -0.3 is 19.7 Å². The monoisotopic (exact) mass is 369 g/mol. The van der Waals surface area contributed by atoms with Crippen LogP contribution < -0.4 is 14.8 Å². The van der Waals surface area contributed by atoms with Crippen molar-refractivity contribution >= 4 is 11.6 Å². The van der Waals surface area contributed by atoms with Crippen molar-refractivity contribution in [3.63, 3.8) is 0 Å². The third-order valence-corrected chi connectivity index (χ3v) is 4.83. The zero-order valence-corrected chi connectivity index (χ0v) is 16.2. The number of ether oxygens (including phenoxy) is 2. The summed E-state index contributed by atoms with van der Waals surface area (Å²) in [6.07, 6.45) is 0. The molecular formula is C21H27N3O3. The van der Waals surface area contributed by atoms with Crippen molar-refractivity contribution < 1.29 is 14.3 Å². The number of hydrogen-bond acceptors (Lipinski definition) is 5. The van der Waals surface area contributed by atoms with Crippen LogP contribution in [0.3, 0.4) is 0 Å². The lowest BCUT2D eigenvalue weighted by atomic mass is 10.1. The lowest BCUT2D eigenvalue weighted by Gasteiger charge is -2.32. The zero-order valence-electron chi connectivity index (χ0n) is 16.2. The minimum Gasteiger partial charge on any atom is -0.497 e. The molecule has 0 spiro atoms. The SMILES string of the molecule is COc1cc(OC)cc(C(=O)Nc2ccc(CN3CCN(C)CC3)cc2)c1. The van der Waals surface area contributed by atoms with Crippen molar-refractivity contribution in [1.29, 1.82) is 0 Å². The lowest BCUT2D eigenvalue weighted by Crippen LogP contribution is -2.43. The smallest absolute Gasteiger partial charge is 0.255 e. The Balaban J connectivity index is 1.61. The summed E-state index contributed by atoms with van der Waals surface area (Å²) in [5.41, 5.74) is 2.51. The molecule has 0 aromatic heterocycles. The van der Waals surface area contributed by atoms with Crippen molar-refractivity contribution in [2.24, 2.45) is 0 Å². The molecule has 0 saturated carbocycles. The molecule has 27 heavy (non-hydrogen) atoms. The van der Waals surface area contributed by atoms with E-state index in [9.17, 15) is 4.79 Å². The van der Waals surface area contributed by atoms with Crippen molar-refractivity contribution in [3.05, 3.63) is 53.6 Å². The van der Waals surface area contributed by atoms with Gasteiger partial charge in [-0.15, -0.1) is 0 Å². The van der Waals surface area contributed by atoms with Crippen molar-refractivity contribution in [1.82, 2.24) is 9.80 Å². The van der Waals surface area contributed by atoms with Gasteiger partial charge in [0.25, 0.3) is 5.91 Å². The number of anilines is 1. The van der Waals surface area contributed by atoms with Gasteiger partial charge in [-0.3, -0.25) is 9.69 Å². The first-order chi connectivity index (χ1) is 13.1. The molecule has 1 aliphatic rings. The Morgan fingerprint density at radius 1 is 0.963 bits per heavy atom. The van der Waals surface area contributed by atoms with Crippen LogP contribution in [0.2, 0.25) is 0 Å². The summed E-state index contributed by atoms with van der Waals surface area (Å²) in [7, 11) is 5.29. The maximum Gasteiger partial charge on any atom is 0.255 e. The Kier molecular flexibility index (Phi) is 6.32. The lowest BCUT2D eigenvalue weighted by molar-refractivity contribution is 0.102. The molecule has 6 nitrogen and oxygen atoms in total. The van der Waals surface area contributed by atoms with Gasteiger partial charge in [0.2, 0.25) is 0 Å². The number of likely N-dealkylation sites (N-methyl/N-ethyl adjacent to an activating group) is 1. The van der Waals surface area contributed by atoms with Crippen LogP contribution in [0.5, 0.6) is 11.5 Å². The highest BCUT2D eigenvalue weighted by atomic mass is 16.5. The summed E-state index contributed by atoms with van der Waals surface area (Å²) in [5, 5.41) is 2.93. The van der Waals surface area contributed by atoms with E-state index in [2.05, 4.69) is 34.3 Å². The molecule has 6 heteroatoms. The molecule has 1 aliphatic heterocycles. The van der Waals surface area contributed by atoms with Crippen LogP contribution in [0.1, 0.15) is 15.9 Å². The molecule has 1 N–H and O–H groups in total. The van der Waals surface area contributed by atoms with E-state index in [-0.39, 0.29) is 5.91 Å². The molecule has 144 valence electrons. The number of methoxy groups -OCH3 is 2. The molecule has 0 radical (unpaired) electrons. The standard InChI is InChI=1S/C21H27N3O3/c1-23-8-10-24(11-9-23)15-16-4-6-18(7-5-16)22-21(25)17-12-19(26-2)14-20(13-17)27-3/h4-7,12-14H,8-11,15H2,1-3H3,(H,22,25). The van der Waals surface area contributed by atoms with E-state index in [0.29, 0.717) is 17.1 Å². The molecule has 0 atom stereocenters. The predicted molar refractivity (Wildman–Crippen MR) is 107 cm³/mol. The van der Waals surface area contributed by atoms with Crippen LogP contribution in [-0.2, 0) is 6.54 Å². The van der Waals surface area contributed by atoms with Crippen LogP contribution in [-0.4, -0.2) is 63.2 Å². The predicted octanol–water partition coefficient (Wildman–Crippen LogP) is 2.70. The fourth-order valence-electron chi connectivity index (χ4n) is 3.10. The quantitative estimate of drug-likeness (QED) is 0.849. The third kappa shape index (κ3) is 5.21. The number of amides is 1. The maximum absolute atomic E-state index is 12.5. The summed E-state index contributed by atoms with van der Waals surface area (Å²) < 4.78 is 10.4. The first-order valence-corrected chi connectivity index (χ1v) is 9.11. The Morgan fingerprint density at radius 2 is 1.56 bits per heavy atom. The fourth-order valence-corrected chi connectivity index (χ4v) is 3.10. The highest BCUT2D eigenvalue weighted by Gasteiger charge is 2.14. The first kappa shape index (κ1) is 19.2. The highest BCUT2D eigenvalue weighted by molar-refractivity contribution is 6.04. The summed E-state index contributed by atoms with van der Waals surface area (Å²) in [6, 6.07) is 13.2. The van der Waals surface area contributed by atoms with E-state index >= 15 is 0 Å². The second-order valence-corrected chi connectivity index (χ2v) is 6.83. The van der Waals surface area contributed by atoms with Gasteiger partial charge in [-0.1, -0.05) is 12.1 Å². The van der Waals surface area contributed by atoms with Gasteiger partial charge in [-0.2, -0.15) is 0 Å². The number of nitrogens with zero attached hydrogens (tertiary/aromatic N) is 2. The fraction of sp³-hybridized carbons (Fsp3) is 0.381. The molecule has 2 aromatic carbocycles. The minimum atomic E-state index is -0.195. The molecule has 0 unspecified atom stereocenters. The molecular weight excluding hydrogens is 342 g/mol. The van der Waals surface area contributed by atoms with E-state index in [1.54, 1.807) is 32.4 Å². The third-order valence-electron chi connectivity index (χ3n) is 4.83. The van der Waals surface area contributed by atoms with E-state index in [0.717, 1.165) is 38.4 Å². The van der Waals surface area contributed by atoms with Crippen molar-refractivity contribution in [2.45, 2.75) is 6.54 Å². The van der Waals surface area contributed by atoms with E-state index in [1.807, 2.05) is 12.1 Å². The number of rotatable bonds is 6. The Labute approximate surface area is 160 Å². The summed E-state index contributed by atoms with van der Waals surface area (Å²) in [6.45, 7) is 5.34. The van der Waals surface area contributed by atoms with Gasteiger partial charge in [0.05, 0.1) is 14.2 Å². The van der Waals surface area contributed by atoms with Crippen LogP contribution in [0.15, 0.2) is 42.5 Å². The largest absolute Gasteiger partial charge is 0.497 e. The average molecular weight is 369 g/mol. The number of carbonyl (C=O) groups is 1. The molecule has 0 aliphatic carbocycles. The van der Waals surface area contributed by atoms with E-state index in [1.165, 1.54) is 5.56 Å². The molecule has 1 fully saturated rings. The van der Waals surface area contributed by atoms with Gasteiger partial charge in [-0.05, 0) is 36.9 Å². The topological polar surface area (TPSA) is 54.0 Å². The summed E-state index contributed by atoms with van der Waals surface area (Å²) >= 11 is 0. The number of benzene rings is 2. The van der Waals surface area contributed by atoms with Gasteiger partial charge in [0, 0.05) is 50.0 Å². The maximum atomic E-state index is 12.5. The molecule has 0 bridgehead atoms. The molecule has 1 amide bonds. The van der Waals surface area contributed by atoms with Crippen molar-refractivity contribution in [2.75, 3.05) is 52.8 Å². The molecule has 1 heterocycles. The average Bonchev–Trinajstić information content (AvgIpc) is 2.70. The highest BCUT2D eigenvalue weighted by Crippen LogP contribution is 2.23. The zero-order chi connectivity index (χ0) is 19.2. The van der Waals surface area contributed by atoms with Gasteiger partial charge in [0.15, 0.2) is 0 Å². The van der Waals surface area contributed by atoms with Gasteiger partial charge in [0.1, 0.15) is 11.5 Å². The Hall–Kier alpha value is -2.57. The number of carbonyl (C=O) groups excluding carboxylic acids is 1. The van der Waals surface area contributed by atoms with Crippen molar-refractivity contribution in [3.8, 4) is 11.5 Å². The number of nitrogens with one attached hydrogen (secondary N) is 1. The molecule has 3 rings (SSSR count). The van der Waals surface area contributed by atoms with Crippen LogP contribution >= 0.6 is 0 Å². The van der Waals surface area contributed by atoms with E-state index in [4.69, 9.17) is 9.47 Å². The summed E-state index contributed by atoms with van der Waals surface area (Å²) in [4.78, 5) is 17.4. The van der Waals surface area contributed by atoms with Gasteiger partial charge >= 0.3 is 0 Å². The first-order valence-electron chi connectivity index (χ1n) is 9.11. The van der Waals surface area contributed by atoms with E-state index < -0.39 is 0 Å². The summed E-state index contributed by atoms with van der Waals surface area (Å²) in [5.74, 6) is 0.975. The van der Waals surface area contributed by atoms with Gasteiger partial charge in [-0.25, -0.2) is 0 Å². The Morgan fingerprint density at radius 3 is 2.11 bits per heavy atom. The Bertz CT molecular complexity index is 746. The van der Waals surface area contributed by atoms with Crippen LogP contribution in [0.25, 0.3) is 0 Å².